The van der Waals surface area contributed by atoms with Crippen molar-refractivity contribution in [2.45, 2.75) is 45.1 Å². The number of likely N-dealkylation sites (tertiary alicyclic amines) is 1. The van der Waals surface area contributed by atoms with Crippen molar-refractivity contribution in [1.29, 1.82) is 0 Å². The first-order valence-corrected chi connectivity index (χ1v) is 6.17. The van der Waals surface area contributed by atoms with Crippen molar-refractivity contribution in [2.75, 3.05) is 0 Å². The summed E-state index contributed by atoms with van der Waals surface area (Å²) in [7, 11) is 0. The highest BCUT2D eigenvalue weighted by atomic mass is 16.4. The number of hydrogen-bond donors (Lipinski definition) is 1. The fourth-order valence-corrected chi connectivity index (χ4v) is 2.96. The highest BCUT2D eigenvalue weighted by molar-refractivity contribution is 6.07. The van der Waals surface area contributed by atoms with Gasteiger partial charge in [0.1, 0.15) is 6.04 Å². The van der Waals surface area contributed by atoms with Gasteiger partial charge >= 0.3 is 5.97 Å². The molecule has 3 atom stereocenters. The van der Waals surface area contributed by atoms with Crippen LogP contribution in [0, 0.1) is 11.8 Å². The third-order valence-electron chi connectivity index (χ3n) is 3.86. The van der Waals surface area contributed by atoms with Crippen LogP contribution in [0.25, 0.3) is 0 Å². The average Bonchev–Trinajstić information content (AvgIpc) is 2.56. The van der Waals surface area contributed by atoms with Gasteiger partial charge in [-0.05, 0) is 19.3 Å². The number of rotatable bonds is 3. The highest BCUT2D eigenvalue weighted by Crippen LogP contribution is 2.39. The standard InChI is InChI=1S/C12H17NO4/c1-2-9(12(16)17)13-10(14)7-5-3-4-6-8(7)11(13)15/h7-9H,2-6H2,1H3,(H,16,17)/t7-,8+,9?. The summed E-state index contributed by atoms with van der Waals surface area (Å²) in [6, 6.07) is -0.986. The average molecular weight is 239 g/mol. The first kappa shape index (κ1) is 12.1. The Balaban J connectivity index is 2.26. The van der Waals surface area contributed by atoms with Gasteiger partial charge in [-0.3, -0.25) is 14.5 Å². The van der Waals surface area contributed by atoms with Crippen LogP contribution in [0.15, 0.2) is 0 Å². The molecule has 5 nitrogen and oxygen atoms in total. The van der Waals surface area contributed by atoms with Crippen LogP contribution >= 0.6 is 0 Å². The fourth-order valence-electron chi connectivity index (χ4n) is 2.96. The summed E-state index contributed by atoms with van der Waals surface area (Å²) in [4.78, 5) is 36.3. The summed E-state index contributed by atoms with van der Waals surface area (Å²) in [6.45, 7) is 1.68. The SMILES string of the molecule is CCC(C(=O)O)N1C(=O)[C@H]2CCCC[C@H]2C1=O. The Morgan fingerprint density at radius 1 is 1.29 bits per heavy atom. The maximum absolute atomic E-state index is 12.1. The number of carboxylic acid groups (broad SMARTS) is 1. The van der Waals surface area contributed by atoms with Crippen LogP contribution in [0.5, 0.6) is 0 Å². The van der Waals surface area contributed by atoms with Gasteiger partial charge in [-0.15, -0.1) is 0 Å². The third kappa shape index (κ3) is 1.83. The Morgan fingerprint density at radius 3 is 2.12 bits per heavy atom. The van der Waals surface area contributed by atoms with Crippen LogP contribution in [0.2, 0.25) is 0 Å². The maximum Gasteiger partial charge on any atom is 0.326 e. The lowest BCUT2D eigenvalue weighted by molar-refractivity contribution is -0.155. The quantitative estimate of drug-likeness (QED) is 0.746. The molecule has 1 N–H and O–H groups in total. The number of amides is 2. The minimum atomic E-state index is -1.09. The molecule has 2 fully saturated rings. The van der Waals surface area contributed by atoms with Gasteiger partial charge in [0.05, 0.1) is 11.8 Å². The molecular formula is C12H17NO4. The maximum atomic E-state index is 12.1. The number of carboxylic acids is 1. The molecule has 5 heteroatoms. The van der Waals surface area contributed by atoms with Crippen molar-refractivity contribution in [3.05, 3.63) is 0 Å². The zero-order valence-corrected chi connectivity index (χ0v) is 9.89. The van der Waals surface area contributed by atoms with Crippen molar-refractivity contribution >= 4 is 17.8 Å². The Labute approximate surface area is 99.8 Å². The van der Waals surface area contributed by atoms with Crippen molar-refractivity contribution in [3.63, 3.8) is 0 Å². The van der Waals surface area contributed by atoms with Gasteiger partial charge in [-0.2, -0.15) is 0 Å². The summed E-state index contributed by atoms with van der Waals surface area (Å²) in [6.07, 6.45) is 3.63. The summed E-state index contributed by atoms with van der Waals surface area (Å²) in [5, 5.41) is 9.06. The van der Waals surface area contributed by atoms with E-state index in [4.69, 9.17) is 5.11 Å². The molecule has 1 saturated heterocycles. The summed E-state index contributed by atoms with van der Waals surface area (Å²) >= 11 is 0. The highest BCUT2D eigenvalue weighted by Gasteiger charge is 2.51. The molecule has 1 saturated carbocycles. The molecule has 2 amide bonds. The molecule has 1 aliphatic heterocycles. The molecule has 2 aliphatic rings. The van der Waals surface area contributed by atoms with E-state index in [2.05, 4.69) is 0 Å². The first-order chi connectivity index (χ1) is 8.07. The lowest BCUT2D eigenvalue weighted by atomic mass is 9.81. The van der Waals surface area contributed by atoms with Gasteiger partial charge in [-0.25, -0.2) is 4.79 Å². The molecule has 0 bridgehead atoms. The van der Waals surface area contributed by atoms with Crippen LogP contribution in [0.1, 0.15) is 39.0 Å². The minimum Gasteiger partial charge on any atom is -0.480 e. The van der Waals surface area contributed by atoms with E-state index in [1.165, 1.54) is 0 Å². The van der Waals surface area contributed by atoms with Crippen molar-refractivity contribution < 1.29 is 19.5 Å². The van der Waals surface area contributed by atoms with E-state index >= 15 is 0 Å². The summed E-state index contributed by atoms with van der Waals surface area (Å²) in [5.74, 6) is -2.15. The summed E-state index contributed by atoms with van der Waals surface area (Å²) in [5.41, 5.74) is 0. The molecule has 1 unspecified atom stereocenters. The Morgan fingerprint density at radius 2 is 1.76 bits per heavy atom. The van der Waals surface area contributed by atoms with Crippen LogP contribution in [-0.4, -0.2) is 33.8 Å². The largest absolute Gasteiger partial charge is 0.480 e. The molecule has 94 valence electrons. The molecule has 1 aliphatic carbocycles. The van der Waals surface area contributed by atoms with Crippen LogP contribution in [0.3, 0.4) is 0 Å². The van der Waals surface area contributed by atoms with E-state index in [0.29, 0.717) is 0 Å². The Kier molecular flexibility index (Phi) is 3.17. The molecule has 0 aromatic rings. The van der Waals surface area contributed by atoms with Crippen LogP contribution < -0.4 is 0 Å². The number of carbonyl (C=O) groups excluding carboxylic acids is 2. The van der Waals surface area contributed by atoms with E-state index in [1.807, 2.05) is 0 Å². The van der Waals surface area contributed by atoms with Crippen molar-refractivity contribution in [1.82, 2.24) is 4.90 Å². The minimum absolute atomic E-state index is 0.260. The molecule has 0 aromatic carbocycles. The second-order valence-corrected chi connectivity index (χ2v) is 4.81. The van der Waals surface area contributed by atoms with Crippen LogP contribution in [-0.2, 0) is 14.4 Å². The van der Waals surface area contributed by atoms with Gasteiger partial charge in [0, 0.05) is 0 Å². The van der Waals surface area contributed by atoms with E-state index in [-0.39, 0.29) is 30.1 Å². The molecule has 0 radical (unpaired) electrons. The monoisotopic (exact) mass is 239 g/mol. The van der Waals surface area contributed by atoms with Gasteiger partial charge in [0.25, 0.3) is 0 Å². The van der Waals surface area contributed by atoms with Gasteiger partial charge in [-0.1, -0.05) is 19.8 Å². The first-order valence-electron chi connectivity index (χ1n) is 6.17. The normalized spacial score (nSPS) is 30.3. The number of aliphatic carboxylic acids is 1. The lowest BCUT2D eigenvalue weighted by Crippen LogP contribution is -2.45. The molecular weight excluding hydrogens is 222 g/mol. The number of fused-ring (bicyclic) bond motifs is 1. The number of carbonyl (C=O) groups is 3. The Hall–Kier alpha value is -1.39. The topological polar surface area (TPSA) is 74.7 Å². The zero-order chi connectivity index (χ0) is 12.6. The molecule has 0 spiro atoms. The van der Waals surface area contributed by atoms with E-state index in [9.17, 15) is 14.4 Å². The molecule has 1 heterocycles. The second-order valence-electron chi connectivity index (χ2n) is 4.81. The van der Waals surface area contributed by atoms with Gasteiger partial charge in [0.15, 0.2) is 0 Å². The van der Waals surface area contributed by atoms with Crippen molar-refractivity contribution in [3.8, 4) is 0 Å². The zero-order valence-electron chi connectivity index (χ0n) is 9.89. The fraction of sp³-hybridized carbons (Fsp3) is 0.750. The number of hydrogen-bond acceptors (Lipinski definition) is 3. The second kappa shape index (κ2) is 4.47. The van der Waals surface area contributed by atoms with Gasteiger partial charge in [0.2, 0.25) is 11.8 Å². The van der Waals surface area contributed by atoms with E-state index in [1.54, 1.807) is 6.92 Å². The predicted molar refractivity (Wildman–Crippen MR) is 59.0 cm³/mol. The summed E-state index contributed by atoms with van der Waals surface area (Å²) < 4.78 is 0. The lowest BCUT2D eigenvalue weighted by Gasteiger charge is -2.21. The third-order valence-corrected chi connectivity index (χ3v) is 3.86. The Bertz CT molecular complexity index is 342. The van der Waals surface area contributed by atoms with Crippen molar-refractivity contribution in [2.24, 2.45) is 11.8 Å². The van der Waals surface area contributed by atoms with Gasteiger partial charge < -0.3 is 5.11 Å². The number of imide groups is 1. The predicted octanol–water partition coefficient (Wildman–Crippen LogP) is 1.02. The van der Waals surface area contributed by atoms with Crippen LogP contribution in [0.4, 0.5) is 0 Å². The molecule has 2 rings (SSSR count). The molecule has 0 aromatic heterocycles. The molecule has 17 heavy (non-hydrogen) atoms. The number of nitrogens with zero attached hydrogens (tertiary/aromatic N) is 1. The van der Waals surface area contributed by atoms with E-state index < -0.39 is 12.0 Å². The van der Waals surface area contributed by atoms with E-state index in [0.717, 1.165) is 30.6 Å². The smallest absolute Gasteiger partial charge is 0.326 e.